The van der Waals surface area contributed by atoms with Gasteiger partial charge in [0.2, 0.25) is 0 Å². The average molecular weight is 393 g/mol. The lowest BCUT2D eigenvalue weighted by Gasteiger charge is -2.10. The van der Waals surface area contributed by atoms with Gasteiger partial charge in [-0.15, -0.1) is 0 Å². The van der Waals surface area contributed by atoms with Crippen LogP contribution < -0.4 is 20.5 Å². The van der Waals surface area contributed by atoms with Crippen LogP contribution in [0.1, 0.15) is 21.6 Å². The van der Waals surface area contributed by atoms with Gasteiger partial charge in [0.25, 0.3) is 5.91 Å². The molecule has 0 aliphatic heterocycles. The fourth-order valence-electron chi connectivity index (χ4n) is 2.69. The summed E-state index contributed by atoms with van der Waals surface area (Å²) in [5.41, 5.74) is 7.82. The van der Waals surface area contributed by atoms with E-state index in [9.17, 15) is 4.79 Å². The van der Waals surface area contributed by atoms with E-state index in [1.54, 1.807) is 26.4 Å². The van der Waals surface area contributed by atoms with Gasteiger partial charge in [-0.3, -0.25) is 4.79 Å². The number of anilines is 1. The third-order valence-corrected chi connectivity index (χ3v) is 4.17. The molecule has 7 heteroatoms. The first-order chi connectivity index (χ1) is 14.1. The lowest BCUT2D eigenvalue weighted by atomic mass is 10.2. The van der Waals surface area contributed by atoms with Gasteiger partial charge in [-0.25, -0.2) is 4.98 Å². The van der Waals surface area contributed by atoms with Crippen molar-refractivity contribution in [2.45, 2.75) is 13.2 Å². The van der Waals surface area contributed by atoms with E-state index < -0.39 is 0 Å². The summed E-state index contributed by atoms with van der Waals surface area (Å²) in [6, 6.07) is 18.2. The molecule has 0 unspecified atom stereocenters. The first-order valence-corrected chi connectivity index (χ1v) is 9.02. The number of ether oxygens (including phenoxy) is 3. The van der Waals surface area contributed by atoms with Gasteiger partial charge in [0, 0.05) is 19.7 Å². The topological polar surface area (TPSA) is 95.7 Å². The van der Waals surface area contributed by atoms with Gasteiger partial charge in [0.05, 0.1) is 25.0 Å². The van der Waals surface area contributed by atoms with E-state index in [1.807, 2.05) is 48.5 Å². The average Bonchev–Trinajstić information content (AvgIpc) is 2.73. The normalized spacial score (nSPS) is 10.4. The fourth-order valence-corrected chi connectivity index (χ4v) is 2.69. The Labute approximate surface area is 169 Å². The summed E-state index contributed by atoms with van der Waals surface area (Å²) in [4.78, 5) is 16.5. The Balaban J connectivity index is 1.57. The highest BCUT2D eigenvalue weighted by atomic mass is 16.5. The number of nitrogens with zero attached hydrogens (tertiary/aromatic N) is 1. The van der Waals surface area contributed by atoms with E-state index in [0.717, 1.165) is 11.3 Å². The number of hydrogen-bond donors (Lipinski definition) is 2. The van der Waals surface area contributed by atoms with E-state index in [2.05, 4.69) is 10.3 Å². The zero-order valence-electron chi connectivity index (χ0n) is 16.3. The van der Waals surface area contributed by atoms with Crippen LogP contribution in [0.4, 0.5) is 5.82 Å². The molecule has 7 nitrogen and oxygen atoms in total. The molecular weight excluding hydrogens is 370 g/mol. The van der Waals surface area contributed by atoms with Gasteiger partial charge in [-0.05, 0) is 42.0 Å². The summed E-state index contributed by atoms with van der Waals surface area (Å²) >= 11 is 0. The number of rotatable bonds is 8. The van der Waals surface area contributed by atoms with E-state index in [4.69, 9.17) is 19.9 Å². The molecule has 3 N–H and O–H groups in total. The second kappa shape index (κ2) is 9.57. The SMILES string of the molecule is COCc1ccc(C(=O)NCc2ccc(Oc3cccc(OC)c3)cc2)c(N)n1. The van der Waals surface area contributed by atoms with Gasteiger partial charge in [-0.2, -0.15) is 0 Å². The number of benzene rings is 2. The molecule has 1 aromatic heterocycles. The smallest absolute Gasteiger partial charge is 0.255 e. The number of amides is 1. The minimum atomic E-state index is -0.282. The molecule has 0 fully saturated rings. The summed E-state index contributed by atoms with van der Waals surface area (Å²) in [5, 5.41) is 2.84. The van der Waals surface area contributed by atoms with Crippen LogP contribution >= 0.6 is 0 Å². The van der Waals surface area contributed by atoms with Crippen LogP contribution in [-0.2, 0) is 17.9 Å². The quantitative estimate of drug-likeness (QED) is 0.608. The molecule has 2 aromatic carbocycles. The summed E-state index contributed by atoms with van der Waals surface area (Å²) in [5.74, 6) is 2.00. The van der Waals surface area contributed by atoms with Crippen molar-refractivity contribution >= 4 is 11.7 Å². The zero-order valence-corrected chi connectivity index (χ0v) is 16.3. The number of carbonyl (C=O) groups excluding carboxylic acids is 1. The lowest BCUT2D eigenvalue weighted by molar-refractivity contribution is 0.0951. The maximum atomic E-state index is 12.4. The van der Waals surface area contributed by atoms with Gasteiger partial charge >= 0.3 is 0 Å². The highest BCUT2D eigenvalue weighted by Gasteiger charge is 2.11. The van der Waals surface area contributed by atoms with Crippen LogP contribution in [0.2, 0.25) is 0 Å². The Kier molecular flexibility index (Phi) is 6.65. The first-order valence-electron chi connectivity index (χ1n) is 9.02. The standard InChI is InChI=1S/C22H23N3O4/c1-27-14-16-8-11-20(21(23)25-16)22(26)24-13-15-6-9-17(10-7-15)29-19-5-3-4-18(12-19)28-2/h3-12H,13-14H2,1-2H3,(H2,23,25)(H,24,26). The monoisotopic (exact) mass is 393 g/mol. The second-order valence-corrected chi connectivity index (χ2v) is 6.28. The van der Waals surface area contributed by atoms with Crippen LogP contribution in [0.3, 0.4) is 0 Å². The predicted molar refractivity (Wildman–Crippen MR) is 110 cm³/mol. The van der Waals surface area contributed by atoms with Gasteiger partial charge < -0.3 is 25.3 Å². The lowest BCUT2D eigenvalue weighted by Crippen LogP contribution is -2.24. The highest BCUT2D eigenvalue weighted by molar-refractivity contribution is 5.98. The Morgan fingerprint density at radius 1 is 1.00 bits per heavy atom. The Hall–Kier alpha value is -3.58. The largest absolute Gasteiger partial charge is 0.497 e. The second-order valence-electron chi connectivity index (χ2n) is 6.28. The molecule has 0 saturated carbocycles. The number of nitrogen functional groups attached to an aromatic ring is 1. The summed E-state index contributed by atoms with van der Waals surface area (Å²) in [6.07, 6.45) is 0. The Morgan fingerprint density at radius 3 is 2.45 bits per heavy atom. The zero-order chi connectivity index (χ0) is 20.6. The van der Waals surface area contributed by atoms with Gasteiger partial charge in [-0.1, -0.05) is 18.2 Å². The highest BCUT2D eigenvalue weighted by Crippen LogP contribution is 2.25. The van der Waals surface area contributed by atoms with Crippen LogP contribution in [-0.4, -0.2) is 25.1 Å². The van der Waals surface area contributed by atoms with Crippen molar-refractivity contribution in [1.29, 1.82) is 0 Å². The molecular formula is C22H23N3O4. The van der Waals surface area contributed by atoms with Gasteiger partial charge in [0.15, 0.2) is 0 Å². The summed E-state index contributed by atoms with van der Waals surface area (Å²) in [6.45, 7) is 0.702. The summed E-state index contributed by atoms with van der Waals surface area (Å²) < 4.78 is 16.0. The van der Waals surface area contributed by atoms with E-state index >= 15 is 0 Å². The van der Waals surface area contributed by atoms with Crippen molar-refractivity contribution in [3.05, 3.63) is 77.5 Å². The van der Waals surface area contributed by atoms with Crippen LogP contribution in [0.5, 0.6) is 17.2 Å². The predicted octanol–water partition coefficient (Wildman–Crippen LogP) is 3.54. The number of hydrogen-bond acceptors (Lipinski definition) is 6. The third kappa shape index (κ3) is 5.46. The molecule has 0 aliphatic rings. The van der Waals surface area contributed by atoms with E-state index in [1.165, 1.54) is 0 Å². The summed E-state index contributed by atoms with van der Waals surface area (Å²) in [7, 11) is 3.19. The van der Waals surface area contributed by atoms with Crippen LogP contribution in [0.15, 0.2) is 60.7 Å². The number of aromatic nitrogens is 1. The number of pyridine rings is 1. The third-order valence-electron chi connectivity index (χ3n) is 4.17. The van der Waals surface area contributed by atoms with Crippen molar-refractivity contribution in [3.8, 4) is 17.2 Å². The van der Waals surface area contributed by atoms with Crippen molar-refractivity contribution in [3.63, 3.8) is 0 Å². The Bertz CT molecular complexity index is 974. The van der Waals surface area contributed by atoms with Crippen molar-refractivity contribution in [2.24, 2.45) is 0 Å². The molecule has 0 radical (unpaired) electrons. The minimum Gasteiger partial charge on any atom is -0.497 e. The minimum absolute atomic E-state index is 0.180. The van der Waals surface area contributed by atoms with Crippen molar-refractivity contribution < 1.29 is 19.0 Å². The first kappa shape index (κ1) is 20.2. The molecule has 3 rings (SSSR count). The Morgan fingerprint density at radius 2 is 1.76 bits per heavy atom. The number of nitrogens with two attached hydrogens (primary N) is 1. The molecule has 0 spiro atoms. The number of carbonyl (C=O) groups is 1. The number of methoxy groups -OCH3 is 2. The molecule has 1 heterocycles. The fraction of sp³-hybridized carbons (Fsp3) is 0.182. The molecule has 0 atom stereocenters. The van der Waals surface area contributed by atoms with Crippen LogP contribution in [0.25, 0.3) is 0 Å². The maximum Gasteiger partial charge on any atom is 0.255 e. The molecule has 0 aliphatic carbocycles. The van der Waals surface area contributed by atoms with E-state index in [0.29, 0.717) is 35.9 Å². The molecule has 0 bridgehead atoms. The van der Waals surface area contributed by atoms with Crippen LogP contribution in [0, 0.1) is 0 Å². The molecule has 1 amide bonds. The number of nitrogens with one attached hydrogen (secondary N) is 1. The molecule has 0 saturated heterocycles. The molecule has 3 aromatic rings. The maximum absolute atomic E-state index is 12.4. The molecule has 29 heavy (non-hydrogen) atoms. The van der Waals surface area contributed by atoms with Gasteiger partial charge in [0.1, 0.15) is 23.1 Å². The molecule has 150 valence electrons. The van der Waals surface area contributed by atoms with E-state index in [-0.39, 0.29) is 11.7 Å². The van der Waals surface area contributed by atoms with Crippen molar-refractivity contribution in [2.75, 3.05) is 20.0 Å². The van der Waals surface area contributed by atoms with Crippen molar-refractivity contribution in [1.82, 2.24) is 10.3 Å².